The van der Waals surface area contributed by atoms with E-state index < -0.39 is 29.9 Å². The fourth-order valence-electron chi connectivity index (χ4n) is 1.64. The number of carbonyl (C=O) groups is 4. The van der Waals surface area contributed by atoms with E-state index in [4.69, 9.17) is 10.8 Å². The number of thiol groups is 1. The van der Waals surface area contributed by atoms with Gasteiger partial charge in [-0.3, -0.25) is 19.2 Å². The largest absolute Gasteiger partial charge is 0.480 e. The van der Waals surface area contributed by atoms with E-state index in [0.29, 0.717) is 13.1 Å². The van der Waals surface area contributed by atoms with Gasteiger partial charge in [0.1, 0.15) is 12.1 Å². The Morgan fingerprint density at radius 2 is 1.80 bits per heavy atom. The molecule has 0 rings (SSSR count). The van der Waals surface area contributed by atoms with E-state index in [1.165, 1.54) is 0 Å². The maximum absolute atomic E-state index is 12.0. The zero-order chi connectivity index (χ0) is 19.4. The number of aliphatic carboxylic acids is 1. The number of carbonyl (C=O) groups excluding carboxylic acids is 3. The SMILES string of the molecule is CN(C)CCNC(=O)CNC(=O)C(CS)NC(=O)CCC(N)C(=O)O. The average molecular weight is 377 g/mol. The van der Waals surface area contributed by atoms with Gasteiger partial charge in [0.05, 0.1) is 6.54 Å². The highest BCUT2D eigenvalue weighted by Gasteiger charge is 2.21. The summed E-state index contributed by atoms with van der Waals surface area (Å²) in [6.45, 7) is 0.919. The quantitative estimate of drug-likeness (QED) is 0.204. The van der Waals surface area contributed by atoms with Gasteiger partial charge in [-0.1, -0.05) is 0 Å². The van der Waals surface area contributed by atoms with Crippen LogP contribution in [-0.4, -0.2) is 85.3 Å². The number of amides is 3. The molecule has 0 radical (unpaired) electrons. The summed E-state index contributed by atoms with van der Waals surface area (Å²) >= 11 is 3.99. The number of carboxylic acid groups (broad SMARTS) is 1. The molecule has 0 bridgehead atoms. The van der Waals surface area contributed by atoms with E-state index in [-0.39, 0.29) is 31.0 Å². The van der Waals surface area contributed by atoms with Gasteiger partial charge in [0.15, 0.2) is 0 Å². The van der Waals surface area contributed by atoms with E-state index >= 15 is 0 Å². The fourth-order valence-corrected chi connectivity index (χ4v) is 1.90. The summed E-state index contributed by atoms with van der Waals surface area (Å²) in [7, 11) is 3.74. The lowest BCUT2D eigenvalue weighted by atomic mass is 10.1. The second-order valence-corrected chi connectivity index (χ2v) is 6.02. The third-order valence-electron chi connectivity index (χ3n) is 3.14. The molecule has 0 aliphatic heterocycles. The summed E-state index contributed by atoms with van der Waals surface area (Å²) < 4.78 is 0. The van der Waals surface area contributed by atoms with Crippen LogP contribution in [0.4, 0.5) is 0 Å². The van der Waals surface area contributed by atoms with Crippen molar-refractivity contribution in [2.45, 2.75) is 24.9 Å². The van der Waals surface area contributed by atoms with Gasteiger partial charge < -0.3 is 31.7 Å². The minimum absolute atomic E-state index is 0.0325. The summed E-state index contributed by atoms with van der Waals surface area (Å²) in [6, 6.07) is -2.06. The van der Waals surface area contributed by atoms with Crippen LogP contribution < -0.4 is 21.7 Å². The van der Waals surface area contributed by atoms with Crippen molar-refractivity contribution in [3.8, 4) is 0 Å². The van der Waals surface area contributed by atoms with Gasteiger partial charge in [0.2, 0.25) is 17.7 Å². The Morgan fingerprint density at radius 1 is 1.16 bits per heavy atom. The molecule has 0 aromatic carbocycles. The van der Waals surface area contributed by atoms with Crippen LogP contribution in [0.5, 0.6) is 0 Å². The topological polar surface area (TPSA) is 154 Å². The first kappa shape index (κ1) is 23.1. The summed E-state index contributed by atoms with van der Waals surface area (Å²) in [5.74, 6) is -2.57. The van der Waals surface area contributed by atoms with Crippen LogP contribution in [0.2, 0.25) is 0 Å². The smallest absolute Gasteiger partial charge is 0.320 e. The Balaban J connectivity index is 4.18. The van der Waals surface area contributed by atoms with Crippen LogP contribution in [0, 0.1) is 0 Å². The van der Waals surface area contributed by atoms with Crippen LogP contribution in [0.1, 0.15) is 12.8 Å². The zero-order valence-electron chi connectivity index (χ0n) is 14.4. The van der Waals surface area contributed by atoms with Gasteiger partial charge in [-0.05, 0) is 20.5 Å². The minimum atomic E-state index is -1.20. The fraction of sp³-hybridized carbons (Fsp3) is 0.714. The standard InChI is InChI=1S/C14H27N5O5S/c1-19(2)6-5-16-12(21)7-17-13(22)10(8-25)18-11(20)4-3-9(15)14(23)24/h9-10,25H,3-8,15H2,1-2H3,(H,16,21)(H,17,22)(H,18,20)(H,23,24). The molecule has 3 amide bonds. The highest BCUT2D eigenvalue weighted by atomic mass is 32.1. The van der Waals surface area contributed by atoms with Gasteiger partial charge in [-0.25, -0.2) is 0 Å². The van der Waals surface area contributed by atoms with Crippen LogP contribution in [0.25, 0.3) is 0 Å². The molecule has 0 heterocycles. The molecule has 0 aromatic heterocycles. The van der Waals surface area contributed by atoms with E-state index in [0.717, 1.165) is 0 Å². The maximum Gasteiger partial charge on any atom is 0.320 e. The highest BCUT2D eigenvalue weighted by molar-refractivity contribution is 7.80. The van der Waals surface area contributed by atoms with Crippen LogP contribution >= 0.6 is 12.6 Å². The maximum atomic E-state index is 12.0. The lowest BCUT2D eigenvalue weighted by Gasteiger charge is -2.17. The Kier molecular flexibility index (Phi) is 11.6. The van der Waals surface area contributed by atoms with Crippen molar-refractivity contribution in [1.82, 2.24) is 20.9 Å². The van der Waals surface area contributed by atoms with E-state index in [9.17, 15) is 19.2 Å². The van der Waals surface area contributed by atoms with Crippen molar-refractivity contribution < 1.29 is 24.3 Å². The summed E-state index contributed by atoms with van der Waals surface area (Å²) in [5.41, 5.74) is 5.31. The number of rotatable bonds is 12. The summed E-state index contributed by atoms with van der Waals surface area (Å²) in [5, 5.41) is 16.1. The number of hydrogen-bond donors (Lipinski definition) is 6. The number of nitrogens with one attached hydrogen (secondary N) is 3. The Labute approximate surface area is 152 Å². The van der Waals surface area contributed by atoms with Gasteiger partial charge >= 0.3 is 5.97 Å². The lowest BCUT2D eigenvalue weighted by molar-refractivity contribution is -0.138. The third kappa shape index (κ3) is 11.3. The number of nitrogens with two attached hydrogens (primary N) is 1. The molecule has 144 valence electrons. The van der Waals surface area contributed by atoms with Gasteiger partial charge in [-0.2, -0.15) is 12.6 Å². The average Bonchev–Trinajstić information content (AvgIpc) is 2.54. The molecule has 25 heavy (non-hydrogen) atoms. The molecule has 6 N–H and O–H groups in total. The van der Waals surface area contributed by atoms with Crippen molar-refractivity contribution in [3.63, 3.8) is 0 Å². The Hall–Kier alpha value is -1.85. The summed E-state index contributed by atoms with van der Waals surface area (Å²) in [6.07, 6.45) is -0.174. The Bertz CT molecular complexity index is 475. The number of likely N-dealkylation sites (N-methyl/N-ethyl adjacent to an activating group) is 1. The van der Waals surface area contributed by atoms with E-state index in [1.807, 2.05) is 19.0 Å². The number of hydrogen-bond acceptors (Lipinski definition) is 7. The molecule has 2 unspecified atom stereocenters. The molecule has 10 nitrogen and oxygen atoms in total. The van der Waals surface area contributed by atoms with Crippen molar-refractivity contribution in [3.05, 3.63) is 0 Å². The summed E-state index contributed by atoms with van der Waals surface area (Å²) in [4.78, 5) is 47.8. The molecule has 0 spiro atoms. The second-order valence-electron chi connectivity index (χ2n) is 5.66. The normalized spacial score (nSPS) is 13.0. The van der Waals surface area contributed by atoms with Gasteiger partial charge in [0.25, 0.3) is 0 Å². The van der Waals surface area contributed by atoms with Gasteiger partial charge in [-0.15, -0.1) is 0 Å². The molecule has 2 atom stereocenters. The molecule has 0 fully saturated rings. The molecule has 0 aliphatic rings. The predicted octanol–water partition coefficient (Wildman–Crippen LogP) is -2.61. The van der Waals surface area contributed by atoms with Crippen molar-refractivity contribution in [2.75, 3.05) is 39.5 Å². The molecule has 0 saturated carbocycles. The number of nitrogens with zero attached hydrogens (tertiary/aromatic N) is 1. The highest BCUT2D eigenvalue weighted by Crippen LogP contribution is 1.97. The van der Waals surface area contributed by atoms with Gasteiger partial charge in [0, 0.05) is 25.3 Å². The molecule has 0 aliphatic carbocycles. The molecular formula is C14H27N5O5S. The van der Waals surface area contributed by atoms with E-state index in [1.54, 1.807) is 0 Å². The van der Waals surface area contributed by atoms with Crippen LogP contribution in [-0.2, 0) is 19.2 Å². The van der Waals surface area contributed by atoms with E-state index in [2.05, 4.69) is 28.6 Å². The second kappa shape index (κ2) is 12.5. The third-order valence-corrected chi connectivity index (χ3v) is 3.50. The predicted molar refractivity (Wildman–Crippen MR) is 95.2 cm³/mol. The molecule has 0 aromatic rings. The van der Waals surface area contributed by atoms with Crippen molar-refractivity contribution in [1.29, 1.82) is 0 Å². The first-order valence-electron chi connectivity index (χ1n) is 7.75. The van der Waals surface area contributed by atoms with Crippen molar-refractivity contribution >= 4 is 36.3 Å². The molecule has 0 saturated heterocycles. The zero-order valence-corrected chi connectivity index (χ0v) is 15.3. The lowest BCUT2D eigenvalue weighted by Crippen LogP contribution is -2.50. The minimum Gasteiger partial charge on any atom is -0.480 e. The first-order valence-corrected chi connectivity index (χ1v) is 8.38. The molecular weight excluding hydrogens is 350 g/mol. The molecule has 11 heteroatoms. The van der Waals surface area contributed by atoms with Crippen LogP contribution in [0.15, 0.2) is 0 Å². The first-order chi connectivity index (χ1) is 11.7. The van der Waals surface area contributed by atoms with Crippen LogP contribution in [0.3, 0.4) is 0 Å². The van der Waals surface area contributed by atoms with Crippen molar-refractivity contribution in [2.24, 2.45) is 5.73 Å². The number of carboxylic acids is 1. The monoisotopic (exact) mass is 377 g/mol. The Morgan fingerprint density at radius 3 is 2.32 bits per heavy atom.